The van der Waals surface area contributed by atoms with E-state index in [4.69, 9.17) is 23.7 Å². The van der Waals surface area contributed by atoms with Gasteiger partial charge in [-0.3, -0.25) is 0 Å². The summed E-state index contributed by atoms with van der Waals surface area (Å²) in [5, 5.41) is 11.0. The van der Waals surface area contributed by atoms with Gasteiger partial charge in [0.1, 0.15) is 30.5 Å². The van der Waals surface area contributed by atoms with Gasteiger partial charge in [0.2, 0.25) is 0 Å². The van der Waals surface area contributed by atoms with E-state index in [0.717, 1.165) is 11.1 Å². The maximum atomic E-state index is 11.0. The molecule has 4 rings (SSSR count). The molecule has 0 spiro atoms. The van der Waals surface area contributed by atoms with E-state index >= 15 is 0 Å². The second-order valence-corrected chi connectivity index (χ2v) is 7.95. The average Bonchev–Trinajstić information content (AvgIpc) is 3.07. The van der Waals surface area contributed by atoms with E-state index in [-0.39, 0.29) is 6.10 Å². The van der Waals surface area contributed by atoms with Crippen LogP contribution in [-0.4, -0.2) is 47.4 Å². The second kappa shape index (κ2) is 6.12. The molecule has 6 nitrogen and oxygen atoms in total. The summed E-state index contributed by atoms with van der Waals surface area (Å²) < 4.78 is 30.1. The van der Waals surface area contributed by atoms with Crippen molar-refractivity contribution in [3.63, 3.8) is 0 Å². The largest absolute Gasteiger partial charge is 0.386 e. The molecule has 26 heavy (non-hydrogen) atoms. The molecular weight excluding hydrogens is 336 g/mol. The number of benzene rings is 1. The van der Waals surface area contributed by atoms with E-state index in [1.54, 1.807) is 6.08 Å². The minimum atomic E-state index is -0.882. The van der Waals surface area contributed by atoms with Gasteiger partial charge in [-0.1, -0.05) is 36.9 Å². The highest BCUT2D eigenvalue weighted by molar-refractivity contribution is 5.47. The molecule has 6 atom stereocenters. The third-order valence-corrected chi connectivity index (χ3v) is 5.02. The van der Waals surface area contributed by atoms with Gasteiger partial charge >= 0.3 is 0 Å². The molecule has 3 heterocycles. The molecule has 1 unspecified atom stereocenters. The highest BCUT2D eigenvalue weighted by atomic mass is 16.9. The Morgan fingerprint density at radius 3 is 2.15 bits per heavy atom. The van der Waals surface area contributed by atoms with E-state index in [0.29, 0.717) is 0 Å². The number of aliphatic hydroxyl groups is 1. The summed E-state index contributed by atoms with van der Waals surface area (Å²) >= 11 is 0. The fourth-order valence-corrected chi connectivity index (χ4v) is 3.92. The Morgan fingerprint density at radius 1 is 0.923 bits per heavy atom. The molecule has 0 saturated carbocycles. The molecule has 0 aromatic heterocycles. The van der Waals surface area contributed by atoms with Crippen molar-refractivity contribution in [3.8, 4) is 0 Å². The lowest BCUT2D eigenvalue weighted by Crippen LogP contribution is -2.56. The lowest BCUT2D eigenvalue weighted by molar-refractivity contribution is -0.253. The van der Waals surface area contributed by atoms with Gasteiger partial charge in [-0.2, -0.15) is 0 Å². The van der Waals surface area contributed by atoms with Crippen molar-refractivity contribution in [2.45, 2.75) is 76.1 Å². The topological polar surface area (TPSA) is 66.4 Å². The summed E-state index contributed by atoms with van der Waals surface area (Å²) in [6.07, 6.45) is -1.60. The normalized spacial score (nSPS) is 38.4. The Kier molecular flexibility index (Phi) is 4.26. The van der Waals surface area contributed by atoms with Gasteiger partial charge in [0, 0.05) is 0 Å². The van der Waals surface area contributed by atoms with Gasteiger partial charge in [0.25, 0.3) is 0 Å². The summed E-state index contributed by atoms with van der Waals surface area (Å²) in [7, 11) is 0. The lowest BCUT2D eigenvalue weighted by Gasteiger charge is -2.39. The maximum Gasteiger partial charge on any atom is 0.190 e. The molecule has 3 fully saturated rings. The van der Waals surface area contributed by atoms with E-state index in [2.05, 4.69) is 6.58 Å². The molecule has 3 aliphatic heterocycles. The first kappa shape index (κ1) is 18.1. The SMILES string of the molecule is C=Cc1ccc(C(O)[C@H]2O[C@@H]3OC(C)(C)O[C@@H]3[C@H]3OC(C)(C)O[C@H]32)cc1. The quantitative estimate of drug-likeness (QED) is 0.892. The number of hydrogen-bond acceptors (Lipinski definition) is 6. The minimum Gasteiger partial charge on any atom is -0.386 e. The Labute approximate surface area is 153 Å². The van der Waals surface area contributed by atoms with E-state index < -0.39 is 42.3 Å². The maximum absolute atomic E-state index is 11.0. The lowest BCUT2D eigenvalue weighted by atomic mass is 9.92. The molecule has 6 heteroatoms. The molecule has 0 amide bonds. The minimum absolute atomic E-state index is 0.377. The first-order valence-corrected chi connectivity index (χ1v) is 8.96. The zero-order valence-corrected chi connectivity index (χ0v) is 15.5. The summed E-state index contributed by atoms with van der Waals surface area (Å²) in [5.41, 5.74) is 1.73. The summed E-state index contributed by atoms with van der Waals surface area (Å²) in [4.78, 5) is 0. The summed E-state index contributed by atoms with van der Waals surface area (Å²) in [5.74, 6) is -1.56. The molecule has 0 bridgehead atoms. The number of fused-ring (bicyclic) bond motifs is 3. The van der Waals surface area contributed by atoms with Crippen LogP contribution in [0.15, 0.2) is 30.8 Å². The van der Waals surface area contributed by atoms with Crippen LogP contribution < -0.4 is 0 Å². The fourth-order valence-electron chi connectivity index (χ4n) is 3.92. The zero-order chi connectivity index (χ0) is 18.7. The predicted octanol–water partition coefficient (Wildman–Crippen LogP) is 2.76. The molecule has 1 N–H and O–H groups in total. The highest BCUT2D eigenvalue weighted by Crippen LogP contribution is 2.46. The Morgan fingerprint density at radius 2 is 1.50 bits per heavy atom. The monoisotopic (exact) mass is 362 g/mol. The van der Waals surface area contributed by atoms with Crippen LogP contribution in [-0.2, 0) is 23.7 Å². The average molecular weight is 362 g/mol. The Hall–Kier alpha value is -1.28. The predicted molar refractivity (Wildman–Crippen MR) is 94.0 cm³/mol. The molecule has 0 radical (unpaired) electrons. The van der Waals surface area contributed by atoms with Crippen molar-refractivity contribution in [1.82, 2.24) is 0 Å². The van der Waals surface area contributed by atoms with E-state index in [1.807, 2.05) is 52.0 Å². The number of ether oxygens (including phenoxy) is 5. The van der Waals surface area contributed by atoms with Crippen molar-refractivity contribution in [3.05, 3.63) is 42.0 Å². The highest BCUT2D eigenvalue weighted by Gasteiger charge is 2.61. The van der Waals surface area contributed by atoms with Crippen molar-refractivity contribution in [2.75, 3.05) is 0 Å². The molecule has 0 aliphatic carbocycles. The van der Waals surface area contributed by atoms with Gasteiger partial charge in [-0.15, -0.1) is 0 Å². The van der Waals surface area contributed by atoms with E-state index in [1.165, 1.54) is 0 Å². The van der Waals surface area contributed by atoms with Crippen LogP contribution in [0.1, 0.15) is 44.9 Å². The van der Waals surface area contributed by atoms with Gasteiger partial charge < -0.3 is 28.8 Å². The summed E-state index contributed by atoms with van der Waals surface area (Å²) in [6.45, 7) is 11.1. The van der Waals surface area contributed by atoms with Crippen LogP contribution in [0, 0.1) is 0 Å². The van der Waals surface area contributed by atoms with Crippen LogP contribution in [0.2, 0.25) is 0 Å². The van der Waals surface area contributed by atoms with Crippen molar-refractivity contribution in [1.29, 1.82) is 0 Å². The third-order valence-electron chi connectivity index (χ3n) is 5.02. The van der Waals surface area contributed by atoms with Crippen LogP contribution in [0.3, 0.4) is 0 Å². The molecule has 142 valence electrons. The molecule has 3 aliphatic rings. The Balaban J connectivity index is 1.63. The van der Waals surface area contributed by atoms with Gasteiger partial charge in [0.05, 0.1) is 0 Å². The van der Waals surface area contributed by atoms with Crippen LogP contribution in [0.5, 0.6) is 0 Å². The standard InChI is InChI=1S/C20H26O6/c1-6-11-7-9-12(10-8-11)13(21)14-15-16(24-19(2,3)23-15)17-18(22-14)26-20(4,5)25-17/h6-10,13-18,21H,1H2,2-5H3/t13?,14-,15+,16+,17-,18-/m1/s1. The van der Waals surface area contributed by atoms with Crippen LogP contribution in [0.25, 0.3) is 6.08 Å². The van der Waals surface area contributed by atoms with Gasteiger partial charge in [0.15, 0.2) is 17.9 Å². The van der Waals surface area contributed by atoms with Crippen molar-refractivity contribution < 1.29 is 28.8 Å². The van der Waals surface area contributed by atoms with E-state index in [9.17, 15) is 5.11 Å². The fraction of sp³-hybridized carbons (Fsp3) is 0.600. The van der Waals surface area contributed by atoms with Crippen molar-refractivity contribution >= 4 is 6.08 Å². The number of aliphatic hydroxyl groups excluding tert-OH is 1. The first-order valence-electron chi connectivity index (χ1n) is 8.96. The zero-order valence-electron chi connectivity index (χ0n) is 15.5. The number of hydrogen-bond donors (Lipinski definition) is 1. The molecule has 1 aromatic carbocycles. The molecule has 1 aromatic rings. The third kappa shape index (κ3) is 3.11. The number of rotatable bonds is 3. The van der Waals surface area contributed by atoms with Crippen molar-refractivity contribution in [2.24, 2.45) is 0 Å². The van der Waals surface area contributed by atoms with Gasteiger partial charge in [-0.05, 0) is 38.8 Å². The smallest absolute Gasteiger partial charge is 0.190 e. The Bertz CT molecular complexity index is 682. The molecule has 3 saturated heterocycles. The van der Waals surface area contributed by atoms with Crippen LogP contribution >= 0.6 is 0 Å². The molecular formula is C20H26O6. The first-order chi connectivity index (χ1) is 12.2. The summed E-state index contributed by atoms with van der Waals surface area (Å²) in [6, 6.07) is 7.54. The second-order valence-electron chi connectivity index (χ2n) is 7.95. The van der Waals surface area contributed by atoms with Gasteiger partial charge in [-0.25, -0.2) is 0 Å². The van der Waals surface area contributed by atoms with Crippen LogP contribution in [0.4, 0.5) is 0 Å².